The second kappa shape index (κ2) is 6.60. The van der Waals surface area contributed by atoms with E-state index >= 15 is 0 Å². The third kappa shape index (κ3) is 2.87. The summed E-state index contributed by atoms with van der Waals surface area (Å²) in [7, 11) is 2.07. The van der Waals surface area contributed by atoms with E-state index < -0.39 is 0 Å². The van der Waals surface area contributed by atoms with Crippen LogP contribution in [0, 0.1) is 0 Å². The second-order valence-corrected chi connectivity index (χ2v) is 6.59. The van der Waals surface area contributed by atoms with Crippen molar-refractivity contribution in [3.63, 3.8) is 0 Å². The van der Waals surface area contributed by atoms with E-state index in [1.54, 1.807) is 11.3 Å². The fourth-order valence-electron chi connectivity index (χ4n) is 3.02. The van der Waals surface area contributed by atoms with Crippen molar-refractivity contribution in [2.24, 2.45) is 0 Å². The van der Waals surface area contributed by atoms with Gasteiger partial charge in [0.1, 0.15) is 5.82 Å². The third-order valence-electron chi connectivity index (χ3n) is 4.33. The molecular formula is C18H18N6S. The van der Waals surface area contributed by atoms with Crippen molar-refractivity contribution in [3.05, 3.63) is 59.0 Å². The molecule has 25 heavy (non-hydrogen) atoms. The molecule has 4 rings (SSSR count). The molecule has 1 atom stereocenters. The molecule has 0 fully saturated rings. The van der Waals surface area contributed by atoms with Gasteiger partial charge in [-0.05, 0) is 47.7 Å². The highest BCUT2D eigenvalue weighted by Crippen LogP contribution is 2.27. The van der Waals surface area contributed by atoms with Gasteiger partial charge in [-0.2, -0.15) is 15.9 Å². The summed E-state index contributed by atoms with van der Waals surface area (Å²) in [6.45, 7) is 2.18. The molecule has 4 aromatic heterocycles. The highest BCUT2D eigenvalue weighted by atomic mass is 32.1. The van der Waals surface area contributed by atoms with E-state index in [1.165, 1.54) is 5.56 Å². The molecular weight excluding hydrogens is 332 g/mol. The largest absolute Gasteiger partial charge is 0.351 e. The zero-order valence-electron chi connectivity index (χ0n) is 14.1. The van der Waals surface area contributed by atoms with Crippen LogP contribution in [0.2, 0.25) is 0 Å². The van der Waals surface area contributed by atoms with Crippen LogP contribution in [0.5, 0.6) is 0 Å². The summed E-state index contributed by atoms with van der Waals surface area (Å²) in [5.41, 5.74) is 3.00. The lowest BCUT2D eigenvalue weighted by Gasteiger charge is -2.28. The lowest BCUT2D eigenvalue weighted by Crippen LogP contribution is -2.25. The first-order chi connectivity index (χ1) is 12.3. The number of pyridine rings is 1. The van der Waals surface area contributed by atoms with Crippen molar-refractivity contribution < 1.29 is 0 Å². The quantitative estimate of drug-likeness (QED) is 0.547. The second-order valence-electron chi connectivity index (χ2n) is 5.81. The van der Waals surface area contributed by atoms with Crippen molar-refractivity contribution in [3.8, 4) is 11.4 Å². The summed E-state index contributed by atoms with van der Waals surface area (Å²) in [6.07, 6.45) is 4.63. The first-order valence-corrected chi connectivity index (χ1v) is 9.10. The predicted octanol–water partition coefficient (Wildman–Crippen LogP) is 3.84. The zero-order chi connectivity index (χ0) is 17.2. The Morgan fingerprint density at radius 1 is 1.12 bits per heavy atom. The van der Waals surface area contributed by atoms with E-state index in [2.05, 4.69) is 51.6 Å². The molecule has 0 spiro atoms. The molecule has 4 aromatic rings. The molecule has 0 N–H and O–H groups in total. The monoisotopic (exact) mass is 350 g/mol. The number of fused-ring (bicyclic) bond motifs is 1. The van der Waals surface area contributed by atoms with Crippen molar-refractivity contribution in [2.45, 2.75) is 19.4 Å². The Morgan fingerprint density at radius 2 is 1.96 bits per heavy atom. The van der Waals surface area contributed by atoms with Gasteiger partial charge in [-0.3, -0.25) is 4.98 Å². The molecule has 0 aliphatic heterocycles. The van der Waals surface area contributed by atoms with Gasteiger partial charge in [0, 0.05) is 30.4 Å². The van der Waals surface area contributed by atoms with E-state index in [0.717, 1.165) is 29.3 Å². The number of hydrogen-bond acceptors (Lipinski definition) is 6. The summed E-state index contributed by atoms with van der Waals surface area (Å²) in [4.78, 5) is 6.30. The fraction of sp³-hybridized carbons (Fsp3) is 0.222. The molecule has 6 nitrogen and oxygen atoms in total. The molecule has 7 heteroatoms. The average molecular weight is 350 g/mol. The van der Waals surface area contributed by atoms with Gasteiger partial charge in [0.25, 0.3) is 0 Å². The maximum atomic E-state index is 4.79. The van der Waals surface area contributed by atoms with Crippen molar-refractivity contribution in [1.82, 2.24) is 24.8 Å². The Bertz CT molecular complexity index is 964. The van der Waals surface area contributed by atoms with Crippen LogP contribution >= 0.6 is 11.3 Å². The van der Waals surface area contributed by atoms with Gasteiger partial charge in [0.2, 0.25) is 0 Å². The summed E-state index contributed by atoms with van der Waals surface area (Å²) >= 11 is 1.64. The molecule has 126 valence electrons. The summed E-state index contributed by atoms with van der Waals surface area (Å²) in [5, 5.41) is 17.4. The molecule has 0 bridgehead atoms. The molecule has 0 saturated carbocycles. The van der Waals surface area contributed by atoms with Crippen LogP contribution in [-0.2, 0) is 0 Å². The predicted molar refractivity (Wildman–Crippen MR) is 99.8 cm³/mol. The number of anilines is 1. The van der Waals surface area contributed by atoms with Crippen molar-refractivity contribution in [2.75, 3.05) is 11.9 Å². The average Bonchev–Trinajstić information content (AvgIpc) is 3.32. The topological polar surface area (TPSA) is 59.2 Å². The number of hydrogen-bond donors (Lipinski definition) is 0. The number of thiophene rings is 1. The lowest BCUT2D eigenvalue weighted by molar-refractivity contribution is 0.635. The molecule has 0 aliphatic carbocycles. The highest BCUT2D eigenvalue weighted by molar-refractivity contribution is 7.08. The van der Waals surface area contributed by atoms with Gasteiger partial charge in [-0.25, -0.2) is 0 Å². The van der Waals surface area contributed by atoms with Gasteiger partial charge in [0.05, 0.1) is 6.04 Å². The first kappa shape index (κ1) is 15.7. The lowest BCUT2D eigenvalue weighted by atomic mass is 10.0. The Labute approximate surface area is 149 Å². The Morgan fingerprint density at radius 3 is 2.68 bits per heavy atom. The van der Waals surface area contributed by atoms with Crippen LogP contribution in [0.1, 0.15) is 24.9 Å². The zero-order valence-corrected chi connectivity index (χ0v) is 14.9. The van der Waals surface area contributed by atoms with E-state index in [-0.39, 0.29) is 6.04 Å². The van der Waals surface area contributed by atoms with E-state index in [0.29, 0.717) is 0 Å². The number of rotatable bonds is 5. The van der Waals surface area contributed by atoms with Crippen LogP contribution in [0.25, 0.3) is 17.0 Å². The van der Waals surface area contributed by atoms with Gasteiger partial charge < -0.3 is 4.90 Å². The van der Waals surface area contributed by atoms with Crippen LogP contribution in [0.15, 0.2) is 53.5 Å². The van der Waals surface area contributed by atoms with Crippen LogP contribution in [0.3, 0.4) is 0 Å². The smallest absolute Gasteiger partial charge is 0.186 e. The maximum absolute atomic E-state index is 4.79. The standard InChI is InChI=1S/C18H18N6S/c1-3-15(13-6-9-19-10-7-13)23(2)17-5-4-16-20-21-18(24(16)22-17)14-8-11-25-12-14/h4-12,15H,3H2,1-2H3. The minimum atomic E-state index is 0.231. The third-order valence-corrected chi connectivity index (χ3v) is 5.02. The normalized spacial score (nSPS) is 12.4. The van der Waals surface area contributed by atoms with E-state index in [4.69, 9.17) is 5.10 Å². The Hall–Kier alpha value is -2.80. The summed E-state index contributed by atoms with van der Waals surface area (Å²) < 4.78 is 1.81. The van der Waals surface area contributed by atoms with E-state index in [9.17, 15) is 0 Å². The van der Waals surface area contributed by atoms with Crippen LogP contribution in [-0.4, -0.2) is 31.8 Å². The minimum absolute atomic E-state index is 0.231. The summed E-state index contributed by atoms with van der Waals surface area (Å²) in [5.74, 6) is 1.65. The molecule has 0 radical (unpaired) electrons. The molecule has 1 unspecified atom stereocenters. The van der Waals surface area contributed by atoms with E-state index in [1.807, 2.05) is 40.5 Å². The van der Waals surface area contributed by atoms with Crippen molar-refractivity contribution >= 4 is 22.8 Å². The Kier molecular flexibility index (Phi) is 4.15. The van der Waals surface area contributed by atoms with Crippen LogP contribution in [0.4, 0.5) is 5.82 Å². The number of aromatic nitrogens is 5. The Balaban J connectivity index is 1.74. The molecule has 0 aromatic carbocycles. The maximum Gasteiger partial charge on any atom is 0.186 e. The van der Waals surface area contributed by atoms with Gasteiger partial charge >= 0.3 is 0 Å². The first-order valence-electron chi connectivity index (χ1n) is 8.15. The van der Waals surface area contributed by atoms with Crippen molar-refractivity contribution in [1.29, 1.82) is 0 Å². The summed E-state index contributed by atoms with van der Waals surface area (Å²) in [6, 6.07) is 10.3. The molecule has 0 amide bonds. The molecule has 4 heterocycles. The van der Waals surface area contributed by atoms with Gasteiger partial charge in [0.15, 0.2) is 11.5 Å². The molecule has 0 saturated heterocycles. The van der Waals surface area contributed by atoms with Gasteiger partial charge in [-0.1, -0.05) is 6.92 Å². The minimum Gasteiger partial charge on any atom is -0.351 e. The molecule has 0 aliphatic rings. The van der Waals surface area contributed by atoms with Gasteiger partial charge in [-0.15, -0.1) is 15.3 Å². The fourth-order valence-corrected chi connectivity index (χ4v) is 3.65. The van der Waals surface area contributed by atoms with Crippen LogP contribution < -0.4 is 4.90 Å². The SMILES string of the molecule is CCC(c1ccncc1)N(C)c1ccc2nnc(-c3ccsc3)n2n1. The number of nitrogens with zero attached hydrogens (tertiary/aromatic N) is 6. The highest BCUT2D eigenvalue weighted by Gasteiger charge is 2.18.